The van der Waals surface area contributed by atoms with Gasteiger partial charge in [0.25, 0.3) is 5.91 Å². The zero-order valence-electron chi connectivity index (χ0n) is 10.5. The summed E-state index contributed by atoms with van der Waals surface area (Å²) in [5, 5.41) is 12.2. The molecule has 1 heterocycles. The molecule has 2 N–H and O–H groups in total. The molecule has 0 aliphatic rings. The molecule has 1 aromatic heterocycles. The van der Waals surface area contributed by atoms with E-state index in [1.165, 1.54) is 0 Å². The molecule has 1 aromatic carbocycles. The first-order valence-corrected chi connectivity index (χ1v) is 5.94. The molecule has 0 aliphatic heterocycles. The smallest absolute Gasteiger partial charge is 0.327 e. The molecule has 2 rings (SSSR count). The van der Waals surface area contributed by atoms with E-state index in [1.54, 1.807) is 18.2 Å². The van der Waals surface area contributed by atoms with E-state index < -0.39 is 17.9 Å². The van der Waals surface area contributed by atoms with Crippen LogP contribution in [-0.2, 0) is 4.79 Å². The molecule has 0 spiro atoms. The minimum absolute atomic E-state index is 0.0747. The van der Waals surface area contributed by atoms with Crippen LogP contribution in [0.5, 0.6) is 0 Å². The van der Waals surface area contributed by atoms with Crippen molar-refractivity contribution in [3.05, 3.63) is 42.1 Å². The maximum Gasteiger partial charge on any atom is 0.327 e. The van der Waals surface area contributed by atoms with Gasteiger partial charge in [0.05, 0.1) is 5.52 Å². The lowest BCUT2D eigenvalue weighted by atomic mass is 10.2. The molecular formula is C15H12N2O3. The first kappa shape index (κ1) is 13.6. The number of carbonyl (C=O) groups is 2. The van der Waals surface area contributed by atoms with Crippen LogP contribution in [0.15, 0.2) is 36.4 Å². The second-order valence-electron chi connectivity index (χ2n) is 4.16. The van der Waals surface area contributed by atoms with E-state index >= 15 is 0 Å². The van der Waals surface area contributed by atoms with Crippen molar-refractivity contribution in [2.75, 3.05) is 0 Å². The predicted molar refractivity (Wildman–Crippen MR) is 74.1 cm³/mol. The van der Waals surface area contributed by atoms with E-state index in [2.05, 4.69) is 16.2 Å². The lowest BCUT2D eigenvalue weighted by Gasteiger charge is -2.11. The number of hydrogen-bond acceptors (Lipinski definition) is 3. The van der Waals surface area contributed by atoms with Gasteiger partial charge in [0.2, 0.25) is 0 Å². The maximum atomic E-state index is 12.0. The van der Waals surface area contributed by atoms with Crippen molar-refractivity contribution in [1.29, 1.82) is 0 Å². The van der Waals surface area contributed by atoms with Crippen LogP contribution in [0, 0.1) is 12.3 Å². The third kappa shape index (κ3) is 2.93. The van der Waals surface area contributed by atoms with Crippen molar-refractivity contribution in [2.45, 2.75) is 12.5 Å². The highest BCUT2D eigenvalue weighted by Gasteiger charge is 2.20. The Morgan fingerprint density at radius 3 is 2.75 bits per heavy atom. The molecule has 20 heavy (non-hydrogen) atoms. The van der Waals surface area contributed by atoms with Crippen molar-refractivity contribution in [3.8, 4) is 12.3 Å². The molecule has 0 radical (unpaired) electrons. The van der Waals surface area contributed by atoms with Crippen molar-refractivity contribution in [1.82, 2.24) is 10.3 Å². The number of pyridine rings is 1. The number of carboxylic acid groups (broad SMARTS) is 1. The largest absolute Gasteiger partial charge is 0.480 e. The summed E-state index contributed by atoms with van der Waals surface area (Å²) in [6.07, 6.45) is 5.00. The van der Waals surface area contributed by atoms with Crippen LogP contribution in [0.2, 0.25) is 0 Å². The lowest BCUT2D eigenvalue weighted by Crippen LogP contribution is -2.40. The summed E-state index contributed by atoms with van der Waals surface area (Å²) in [5.41, 5.74) is 0.830. The van der Waals surface area contributed by atoms with Crippen molar-refractivity contribution >= 4 is 22.8 Å². The molecule has 0 bridgehead atoms. The van der Waals surface area contributed by atoms with Gasteiger partial charge in [-0.2, -0.15) is 0 Å². The number of terminal acetylenes is 1. The van der Waals surface area contributed by atoms with Gasteiger partial charge >= 0.3 is 5.97 Å². The summed E-state index contributed by atoms with van der Waals surface area (Å²) in [7, 11) is 0. The highest BCUT2D eigenvalue weighted by molar-refractivity contribution is 5.97. The monoisotopic (exact) mass is 268 g/mol. The fourth-order valence-electron chi connectivity index (χ4n) is 1.74. The van der Waals surface area contributed by atoms with Crippen molar-refractivity contribution in [2.24, 2.45) is 0 Å². The van der Waals surface area contributed by atoms with Crippen LogP contribution in [0.25, 0.3) is 10.9 Å². The Morgan fingerprint density at radius 1 is 1.30 bits per heavy atom. The number of aromatic nitrogens is 1. The van der Waals surface area contributed by atoms with Gasteiger partial charge in [0.1, 0.15) is 11.7 Å². The molecule has 0 fully saturated rings. The molecule has 1 amide bonds. The van der Waals surface area contributed by atoms with E-state index in [-0.39, 0.29) is 12.1 Å². The number of hydrogen-bond donors (Lipinski definition) is 2. The SMILES string of the molecule is C#CC[C@H](NC(=O)c1ccc2ccccc2n1)C(=O)O. The lowest BCUT2D eigenvalue weighted by molar-refractivity contribution is -0.139. The molecule has 1 atom stereocenters. The molecular weight excluding hydrogens is 256 g/mol. The molecule has 0 unspecified atom stereocenters. The average Bonchev–Trinajstić information content (AvgIpc) is 2.46. The van der Waals surface area contributed by atoms with E-state index in [0.717, 1.165) is 5.39 Å². The van der Waals surface area contributed by atoms with Crippen LogP contribution < -0.4 is 5.32 Å². The number of amides is 1. The topological polar surface area (TPSA) is 79.3 Å². The zero-order valence-corrected chi connectivity index (χ0v) is 10.5. The van der Waals surface area contributed by atoms with Crippen molar-refractivity contribution in [3.63, 3.8) is 0 Å². The predicted octanol–water partition coefficient (Wildman–Crippen LogP) is 1.44. The Morgan fingerprint density at radius 2 is 2.05 bits per heavy atom. The van der Waals surface area contributed by atoms with E-state index in [9.17, 15) is 9.59 Å². The fraction of sp³-hybridized carbons (Fsp3) is 0.133. The van der Waals surface area contributed by atoms with Gasteiger partial charge in [-0.3, -0.25) is 4.79 Å². The Labute approximate surface area is 115 Å². The van der Waals surface area contributed by atoms with Gasteiger partial charge in [-0.25, -0.2) is 9.78 Å². The first-order valence-electron chi connectivity index (χ1n) is 5.94. The number of fused-ring (bicyclic) bond motifs is 1. The van der Waals surface area contributed by atoms with E-state index in [0.29, 0.717) is 5.52 Å². The van der Waals surface area contributed by atoms with Crippen LogP contribution in [-0.4, -0.2) is 28.0 Å². The first-order chi connectivity index (χ1) is 9.61. The standard InChI is InChI=1S/C15H12N2O3/c1-2-5-13(15(19)20)17-14(18)12-9-8-10-6-3-4-7-11(10)16-12/h1,3-4,6-9,13H,5H2,(H,17,18)(H,19,20)/t13-/m0/s1. The summed E-state index contributed by atoms with van der Waals surface area (Å²) < 4.78 is 0. The Balaban J connectivity index is 2.22. The fourth-order valence-corrected chi connectivity index (χ4v) is 1.74. The van der Waals surface area contributed by atoms with Crippen LogP contribution in [0.3, 0.4) is 0 Å². The van der Waals surface area contributed by atoms with Crippen LogP contribution in [0.4, 0.5) is 0 Å². The Hall–Kier alpha value is -2.87. The third-order valence-corrected chi connectivity index (χ3v) is 2.76. The number of benzene rings is 1. The van der Waals surface area contributed by atoms with Gasteiger partial charge in [-0.1, -0.05) is 24.3 Å². The summed E-state index contributed by atoms with van der Waals surface area (Å²) in [5.74, 6) is 0.493. The number of carbonyl (C=O) groups excluding carboxylic acids is 1. The van der Waals surface area contributed by atoms with Crippen molar-refractivity contribution < 1.29 is 14.7 Å². The molecule has 5 nitrogen and oxygen atoms in total. The van der Waals surface area contributed by atoms with Gasteiger partial charge in [-0.05, 0) is 12.1 Å². The summed E-state index contributed by atoms with van der Waals surface area (Å²) in [4.78, 5) is 27.1. The molecule has 0 saturated heterocycles. The summed E-state index contributed by atoms with van der Waals surface area (Å²) in [6.45, 7) is 0. The third-order valence-electron chi connectivity index (χ3n) is 2.76. The molecule has 5 heteroatoms. The molecule has 0 saturated carbocycles. The summed E-state index contributed by atoms with van der Waals surface area (Å²) >= 11 is 0. The maximum absolute atomic E-state index is 12.0. The number of rotatable bonds is 4. The quantitative estimate of drug-likeness (QED) is 0.822. The number of nitrogens with one attached hydrogen (secondary N) is 1. The van der Waals surface area contributed by atoms with Gasteiger partial charge in [0.15, 0.2) is 0 Å². The highest BCUT2D eigenvalue weighted by Crippen LogP contribution is 2.11. The number of para-hydroxylation sites is 1. The van der Waals surface area contributed by atoms with E-state index in [4.69, 9.17) is 11.5 Å². The number of carboxylic acids is 1. The van der Waals surface area contributed by atoms with Crippen LogP contribution in [0.1, 0.15) is 16.9 Å². The minimum atomic E-state index is -1.17. The molecule has 0 aliphatic carbocycles. The highest BCUT2D eigenvalue weighted by atomic mass is 16.4. The number of aliphatic carboxylic acids is 1. The molecule has 100 valence electrons. The Kier molecular flexibility index (Phi) is 3.96. The van der Waals surface area contributed by atoms with E-state index in [1.807, 2.05) is 18.2 Å². The van der Waals surface area contributed by atoms with Gasteiger partial charge in [-0.15, -0.1) is 12.3 Å². The normalized spacial score (nSPS) is 11.6. The average molecular weight is 268 g/mol. The second-order valence-corrected chi connectivity index (χ2v) is 4.16. The zero-order chi connectivity index (χ0) is 14.5. The minimum Gasteiger partial charge on any atom is -0.480 e. The molecule has 2 aromatic rings. The summed E-state index contributed by atoms with van der Waals surface area (Å²) in [6, 6.07) is 9.54. The Bertz CT molecular complexity index is 704. The second kappa shape index (κ2) is 5.85. The van der Waals surface area contributed by atoms with Gasteiger partial charge in [0, 0.05) is 11.8 Å². The number of nitrogens with zero attached hydrogens (tertiary/aromatic N) is 1. The van der Waals surface area contributed by atoms with Crippen LogP contribution >= 0.6 is 0 Å². The van der Waals surface area contributed by atoms with Gasteiger partial charge < -0.3 is 10.4 Å².